The second-order valence-corrected chi connectivity index (χ2v) is 3.73. The van der Waals surface area contributed by atoms with Crippen LogP contribution in [0, 0.1) is 3.70 Å². The summed E-state index contributed by atoms with van der Waals surface area (Å²) >= 11 is 4.34. The number of hydrogen-bond donors (Lipinski definition) is 0. The van der Waals surface area contributed by atoms with Crippen molar-refractivity contribution in [2.24, 2.45) is 0 Å². The van der Waals surface area contributed by atoms with E-state index in [1.165, 1.54) is 0 Å². The number of hydrogen-bond acceptors (Lipinski definition) is 2. The quantitative estimate of drug-likeness (QED) is 0.671. The van der Waals surface area contributed by atoms with Gasteiger partial charge in [0, 0.05) is 0 Å². The van der Waals surface area contributed by atoms with E-state index in [1.807, 2.05) is 0 Å². The summed E-state index contributed by atoms with van der Waals surface area (Å²) in [4.78, 5) is 0. The van der Waals surface area contributed by atoms with E-state index in [-0.39, 0.29) is 8.30 Å². The summed E-state index contributed by atoms with van der Waals surface area (Å²) in [7, 11) is 0. The molecular weight excluding hydrogens is 352 g/mol. The molecule has 0 unspecified atom stereocenters. The van der Waals surface area contributed by atoms with Crippen LogP contribution in [-0.2, 0) is 6.18 Å². The maximum atomic E-state index is 12.1. The van der Waals surface area contributed by atoms with Crippen molar-refractivity contribution in [2.45, 2.75) is 6.18 Å². The monoisotopic (exact) mass is 352 g/mol. The molecule has 0 atom stereocenters. The number of halogens is 5. The van der Waals surface area contributed by atoms with Gasteiger partial charge in [0.1, 0.15) is 8.30 Å². The molecule has 0 spiro atoms. The topological polar surface area (TPSA) is 25.8 Å². The smallest absolute Gasteiger partial charge is 0.166 e. The Bertz CT molecular complexity index is 301. The molecular formula is C5HBrF3IN2. The lowest BCUT2D eigenvalue weighted by Gasteiger charge is -2.06. The Morgan fingerprint density at radius 2 is 1.92 bits per heavy atom. The molecule has 1 aromatic heterocycles. The molecule has 0 aliphatic heterocycles. The normalized spacial score (nSPS) is 11.8. The zero-order valence-corrected chi connectivity index (χ0v) is 9.11. The third-order valence-electron chi connectivity index (χ3n) is 1.02. The van der Waals surface area contributed by atoms with E-state index in [9.17, 15) is 13.2 Å². The first-order valence-corrected chi connectivity index (χ1v) is 4.54. The van der Waals surface area contributed by atoms with Crippen LogP contribution in [-0.4, -0.2) is 10.2 Å². The van der Waals surface area contributed by atoms with Gasteiger partial charge >= 0.3 is 6.18 Å². The van der Waals surface area contributed by atoms with E-state index in [1.54, 1.807) is 22.6 Å². The van der Waals surface area contributed by atoms with Crippen molar-refractivity contribution in [1.82, 2.24) is 10.2 Å². The molecule has 0 aromatic carbocycles. The molecule has 12 heavy (non-hydrogen) atoms. The van der Waals surface area contributed by atoms with Gasteiger partial charge in [0.2, 0.25) is 0 Å². The standard InChI is InChI=1S/C5HBrF3IN2/c6-4-2(5(7,8)9)1-3(10)11-12-4/h1H. The number of aromatic nitrogens is 2. The van der Waals surface area contributed by atoms with Crippen LogP contribution in [0.5, 0.6) is 0 Å². The highest BCUT2D eigenvalue weighted by Gasteiger charge is 2.34. The van der Waals surface area contributed by atoms with Gasteiger partial charge in [0.15, 0.2) is 0 Å². The Labute approximate surface area is 87.8 Å². The second-order valence-electron chi connectivity index (χ2n) is 1.87. The molecule has 1 rings (SSSR count). The minimum absolute atomic E-state index is 0.211. The molecule has 0 bridgehead atoms. The van der Waals surface area contributed by atoms with Gasteiger partial charge in [-0.05, 0) is 44.6 Å². The molecule has 0 aliphatic carbocycles. The zero-order chi connectivity index (χ0) is 9.35. The third kappa shape index (κ3) is 2.28. The Kier molecular flexibility index (Phi) is 2.92. The minimum atomic E-state index is -4.38. The van der Waals surface area contributed by atoms with E-state index >= 15 is 0 Å². The highest BCUT2D eigenvalue weighted by Crippen LogP contribution is 2.33. The molecule has 0 saturated carbocycles. The lowest BCUT2D eigenvalue weighted by molar-refractivity contribution is -0.138. The summed E-state index contributed by atoms with van der Waals surface area (Å²) in [6.07, 6.45) is -4.38. The highest BCUT2D eigenvalue weighted by molar-refractivity contribution is 14.1. The van der Waals surface area contributed by atoms with E-state index < -0.39 is 11.7 Å². The predicted octanol–water partition coefficient (Wildman–Crippen LogP) is 2.86. The van der Waals surface area contributed by atoms with E-state index in [4.69, 9.17) is 0 Å². The Morgan fingerprint density at radius 1 is 1.33 bits per heavy atom. The summed E-state index contributed by atoms with van der Waals surface area (Å²) in [5, 5.41) is 6.73. The number of nitrogens with zero attached hydrogens (tertiary/aromatic N) is 2. The molecule has 0 saturated heterocycles. The van der Waals surface area contributed by atoms with Gasteiger partial charge < -0.3 is 0 Å². The molecule has 7 heteroatoms. The SMILES string of the molecule is FC(F)(F)c1cc(I)nnc1Br. The fourth-order valence-corrected chi connectivity index (χ4v) is 1.39. The van der Waals surface area contributed by atoms with Gasteiger partial charge in [-0.25, -0.2) is 0 Å². The van der Waals surface area contributed by atoms with Crippen molar-refractivity contribution < 1.29 is 13.2 Å². The average Bonchev–Trinajstić information content (AvgIpc) is 1.92. The first-order valence-electron chi connectivity index (χ1n) is 2.67. The summed E-state index contributed by atoms with van der Waals surface area (Å²) in [6.45, 7) is 0. The van der Waals surface area contributed by atoms with Crippen molar-refractivity contribution in [1.29, 1.82) is 0 Å². The number of alkyl halides is 3. The van der Waals surface area contributed by atoms with Crippen LogP contribution in [0.4, 0.5) is 13.2 Å². The van der Waals surface area contributed by atoms with Crippen LogP contribution >= 0.6 is 38.5 Å². The maximum absolute atomic E-state index is 12.1. The minimum Gasteiger partial charge on any atom is -0.166 e. The highest BCUT2D eigenvalue weighted by atomic mass is 127. The van der Waals surface area contributed by atoms with Gasteiger partial charge in [-0.1, -0.05) is 0 Å². The van der Waals surface area contributed by atoms with Gasteiger partial charge in [-0.2, -0.15) is 13.2 Å². The van der Waals surface area contributed by atoms with Gasteiger partial charge in [-0.15, -0.1) is 10.2 Å². The lowest BCUT2D eigenvalue weighted by Crippen LogP contribution is -2.08. The molecule has 0 N–H and O–H groups in total. The molecule has 0 amide bonds. The zero-order valence-electron chi connectivity index (χ0n) is 5.36. The third-order valence-corrected chi connectivity index (χ3v) is 2.14. The summed E-state index contributed by atoms with van der Waals surface area (Å²) in [5.41, 5.74) is -0.804. The Hall–Kier alpha value is 0.0800. The first kappa shape index (κ1) is 10.2. The molecule has 0 radical (unpaired) electrons. The number of rotatable bonds is 0. The molecule has 2 nitrogen and oxygen atoms in total. The molecule has 0 fully saturated rings. The van der Waals surface area contributed by atoms with E-state index in [0.717, 1.165) is 6.07 Å². The van der Waals surface area contributed by atoms with Crippen LogP contribution in [0.3, 0.4) is 0 Å². The lowest BCUT2D eigenvalue weighted by atomic mass is 10.3. The maximum Gasteiger partial charge on any atom is 0.419 e. The summed E-state index contributed by atoms with van der Waals surface area (Å²) in [6, 6.07) is 0.928. The molecule has 1 aromatic rings. The van der Waals surface area contributed by atoms with Crippen LogP contribution in [0.25, 0.3) is 0 Å². The molecule has 1 heterocycles. The summed E-state index contributed by atoms with van der Waals surface area (Å²) < 4.78 is 36.3. The Morgan fingerprint density at radius 3 is 2.33 bits per heavy atom. The van der Waals surface area contributed by atoms with Crippen LogP contribution in [0.15, 0.2) is 10.7 Å². The van der Waals surface area contributed by atoms with Crippen molar-refractivity contribution in [3.05, 3.63) is 19.9 Å². The van der Waals surface area contributed by atoms with Gasteiger partial charge in [0.25, 0.3) is 0 Å². The van der Waals surface area contributed by atoms with Crippen molar-refractivity contribution >= 4 is 38.5 Å². The molecule has 0 aliphatic rings. The van der Waals surface area contributed by atoms with E-state index in [0.29, 0.717) is 0 Å². The van der Waals surface area contributed by atoms with E-state index in [2.05, 4.69) is 26.1 Å². The van der Waals surface area contributed by atoms with Gasteiger partial charge in [-0.3, -0.25) is 0 Å². The largest absolute Gasteiger partial charge is 0.419 e. The summed E-state index contributed by atoms with van der Waals surface area (Å²) in [5.74, 6) is 0. The van der Waals surface area contributed by atoms with Crippen molar-refractivity contribution in [3.8, 4) is 0 Å². The fraction of sp³-hybridized carbons (Fsp3) is 0.200. The van der Waals surface area contributed by atoms with Crippen LogP contribution in [0.2, 0.25) is 0 Å². The van der Waals surface area contributed by atoms with Crippen LogP contribution in [0.1, 0.15) is 5.56 Å². The predicted molar refractivity (Wildman–Crippen MR) is 47.5 cm³/mol. The fourth-order valence-electron chi connectivity index (χ4n) is 0.552. The first-order chi connectivity index (χ1) is 5.41. The van der Waals surface area contributed by atoms with Crippen molar-refractivity contribution in [3.63, 3.8) is 0 Å². The Balaban J connectivity index is 3.23. The average molecular weight is 353 g/mol. The van der Waals surface area contributed by atoms with Crippen LogP contribution < -0.4 is 0 Å². The van der Waals surface area contributed by atoms with Gasteiger partial charge in [0.05, 0.1) is 5.56 Å². The second kappa shape index (κ2) is 3.44. The van der Waals surface area contributed by atoms with Crippen molar-refractivity contribution in [2.75, 3.05) is 0 Å². The molecule has 66 valence electrons.